The van der Waals surface area contributed by atoms with Gasteiger partial charge in [0.1, 0.15) is 6.10 Å². The average Bonchev–Trinajstić information content (AvgIpc) is 2.86. The maximum Gasteiger partial charge on any atom is 0.338 e. The van der Waals surface area contributed by atoms with Crippen molar-refractivity contribution >= 4 is 11.5 Å². The predicted octanol–water partition coefficient (Wildman–Crippen LogP) is 9.53. The topological polar surface area (TPSA) is 26.3 Å². The normalized spacial score (nSPS) is 23.2. The second-order valence-corrected chi connectivity index (χ2v) is 10.7. The van der Waals surface area contributed by atoms with Crippen LogP contribution in [-0.2, 0) is 4.74 Å². The van der Waals surface area contributed by atoms with Crippen LogP contribution in [-0.4, -0.2) is 12.1 Å². The number of carbonyl (C=O) groups is 1. The molecule has 2 heteroatoms. The second kappa shape index (κ2) is 14.6. The number of unbranched alkanes of at least 4 members (excludes halogenated alkanes) is 6. The molecule has 0 heterocycles. The highest BCUT2D eigenvalue weighted by atomic mass is 16.5. The van der Waals surface area contributed by atoms with Gasteiger partial charge in [-0.15, -0.1) is 0 Å². The van der Waals surface area contributed by atoms with E-state index in [0.29, 0.717) is 5.56 Å². The zero-order chi connectivity index (χ0) is 23.3. The van der Waals surface area contributed by atoms with Crippen LogP contribution in [0.4, 0.5) is 0 Å². The van der Waals surface area contributed by atoms with E-state index >= 15 is 0 Å². The van der Waals surface area contributed by atoms with Crippen LogP contribution in [0.1, 0.15) is 139 Å². The third kappa shape index (κ3) is 8.95. The molecule has 1 unspecified atom stereocenters. The van der Waals surface area contributed by atoms with Gasteiger partial charge in [0.05, 0.1) is 5.56 Å². The molecule has 1 atom stereocenters. The quantitative estimate of drug-likeness (QED) is 0.220. The van der Waals surface area contributed by atoms with Crippen LogP contribution in [0.15, 0.2) is 30.3 Å². The zero-order valence-corrected chi connectivity index (χ0v) is 21.5. The Hall–Kier alpha value is -1.57. The molecule has 0 spiro atoms. The van der Waals surface area contributed by atoms with Gasteiger partial charge in [0.25, 0.3) is 0 Å². The Morgan fingerprint density at radius 3 is 2.12 bits per heavy atom. The summed E-state index contributed by atoms with van der Waals surface area (Å²) >= 11 is 0. The summed E-state index contributed by atoms with van der Waals surface area (Å²) in [6.45, 7) is 4.54. The first kappa shape index (κ1) is 26.0. The van der Waals surface area contributed by atoms with Gasteiger partial charge in [-0.1, -0.05) is 96.3 Å². The number of esters is 1. The SMILES string of the molecule is CCCCCCCCC1CC=C(c2ccc(C(=O)O[C@H]3CC[C@H](CCCC)CC3)cc2)CC1. The van der Waals surface area contributed by atoms with E-state index in [-0.39, 0.29) is 12.1 Å². The van der Waals surface area contributed by atoms with Gasteiger partial charge in [0.2, 0.25) is 0 Å². The maximum atomic E-state index is 12.6. The van der Waals surface area contributed by atoms with Crippen molar-refractivity contribution in [2.75, 3.05) is 0 Å². The fourth-order valence-electron chi connectivity index (χ4n) is 5.70. The van der Waals surface area contributed by atoms with E-state index in [1.807, 2.05) is 12.1 Å². The number of rotatable bonds is 13. The van der Waals surface area contributed by atoms with E-state index in [4.69, 9.17) is 4.74 Å². The predicted molar refractivity (Wildman–Crippen MR) is 140 cm³/mol. The Balaban J connectivity index is 1.38. The first-order valence-corrected chi connectivity index (χ1v) is 14.2. The third-order valence-corrected chi connectivity index (χ3v) is 8.01. The van der Waals surface area contributed by atoms with Gasteiger partial charge in [0, 0.05) is 0 Å². The lowest BCUT2D eigenvalue weighted by molar-refractivity contribution is 0.0161. The highest BCUT2D eigenvalue weighted by Gasteiger charge is 2.24. The van der Waals surface area contributed by atoms with Gasteiger partial charge in [-0.05, 0) is 80.1 Å². The molecule has 184 valence electrons. The molecule has 1 aromatic carbocycles. The maximum absolute atomic E-state index is 12.6. The van der Waals surface area contributed by atoms with Crippen molar-refractivity contribution in [1.82, 2.24) is 0 Å². The van der Waals surface area contributed by atoms with E-state index < -0.39 is 0 Å². The number of benzene rings is 1. The molecule has 2 aliphatic rings. The molecule has 0 amide bonds. The summed E-state index contributed by atoms with van der Waals surface area (Å²) in [6, 6.07) is 8.18. The summed E-state index contributed by atoms with van der Waals surface area (Å²) in [4.78, 5) is 12.6. The van der Waals surface area contributed by atoms with E-state index in [0.717, 1.165) is 24.7 Å². The van der Waals surface area contributed by atoms with Crippen molar-refractivity contribution in [1.29, 1.82) is 0 Å². The Morgan fingerprint density at radius 1 is 0.788 bits per heavy atom. The van der Waals surface area contributed by atoms with E-state index in [1.54, 1.807) is 0 Å². The van der Waals surface area contributed by atoms with Crippen LogP contribution in [0.3, 0.4) is 0 Å². The summed E-state index contributed by atoms with van der Waals surface area (Å²) in [5, 5.41) is 0. The Labute approximate surface area is 203 Å². The fourth-order valence-corrected chi connectivity index (χ4v) is 5.70. The van der Waals surface area contributed by atoms with Crippen LogP contribution in [0.25, 0.3) is 5.57 Å². The average molecular weight is 453 g/mol. The Kier molecular flexibility index (Phi) is 11.6. The summed E-state index contributed by atoms with van der Waals surface area (Å²) in [7, 11) is 0. The minimum Gasteiger partial charge on any atom is -0.459 e. The summed E-state index contributed by atoms with van der Waals surface area (Å²) in [5.74, 6) is 1.56. The van der Waals surface area contributed by atoms with Crippen molar-refractivity contribution in [2.24, 2.45) is 11.8 Å². The van der Waals surface area contributed by atoms with E-state index in [9.17, 15) is 4.79 Å². The molecular weight excluding hydrogens is 404 g/mol. The molecule has 1 saturated carbocycles. The van der Waals surface area contributed by atoms with Gasteiger partial charge in [-0.25, -0.2) is 4.79 Å². The molecule has 0 radical (unpaired) electrons. The van der Waals surface area contributed by atoms with Crippen LogP contribution in [0.2, 0.25) is 0 Å². The Bertz CT molecular complexity index is 709. The van der Waals surface area contributed by atoms with Gasteiger partial charge >= 0.3 is 5.97 Å². The fraction of sp³-hybridized carbons (Fsp3) is 0.710. The zero-order valence-electron chi connectivity index (χ0n) is 21.5. The van der Waals surface area contributed by atoms with Crippen LogP contribution in [0, 0.1) is 11.8 Å². The highest BCUT2D eigenvalue weighted by molar-refractivity contribution is 5.90. The first-order chi connectivity index (χ1) is 16.2. The molecule has 1 aromatic rings. The standard InChI is InChI=1S/C31H48O2/c1-3-5-7-8-9-10-12-26-13-17-27(18-14-26)28-19-21-29(22-20-28)31(32)33-30-23-15-25(16-24-30)11-6-4-2/h17,19-22,25-26,30H,3-16,18,23-24H2,1-2H3/t25-,26?,30-. The molecular formula is C31H48O2. The lowest BCUT2D eigenvalue weighted by Crippen LogP contribution is -2.24. The number of carbonyl (C=O) groups excluding carboxylic acids is 1. The molecule has 0 N–H and O–H groups in total. The van der Waals surface area contributed by atoms with Gasteiger partial charge in [0.15, 0.2) is 0 Å². The van der Waals surface area contributed by atoms with E-state index in [1.165, 1.54) is 107 Å². The number of allylic oxidation sites excluding steroid dienone is 2. The molecule has 2 aliphatic carbocycles. The molecule has 0 aromatic heterocycles. The minimum atomic E-state index is -0.143. The van der Waals surface area contributed by atoms with Gasteiger partial charge in [-0.2, -0.15) is 0 Å². The lowest BCUT2D eigenvalue weighted by Gasteiger charge is -2.28. The molecule has 0 saturated heterocycles. The number of ether oxygens (including phenoxy) is 1. The molecule has 33 heavy (non-hydrogen) atoms. The third-order valence-electron chi connectivity index (χ3n) is 8.01. The lowest BCUT2D eigenvalue weighted by atomic mass is 9.83. The van der Waals surface area contributed by atoms with Crippen molar-refractivity contribution in [2.45, 2.75) is 129 Å². The molecule has 2 nitrogen and oxygen atoms in total. The Morgan fingerprint density at radius 2 is 1.45 bits per heavy atom. The molecule has 3 rings (SSSR count). The van der Waals surface area contributed by atoms with E-state index in [2.05, 4.69) is 32.1 Å². The van der Waals surface area contributed by atoms with Gasteiger partial charge < -0.3 is 4.74 Å². The van der Waals surface area contributed by atoms with Crippen LogP contribution < -0.4 is 0 Å². The smallest absolute Gasteiger partial charge is 0.338 e. The van der Waals surface area contributed by atoms with Crippen molar-refractivity contribution < 1.29 is 9.53 Å². The van der Waals surface area contributed by atoms with Crippen molar-refractivity contribution in [3.05, 3.63) is 41.5 Å². The van der Waals surface area contributed by atoms with Crippen LogP contribution in [0.5, 0.6) is 0 Å². The summed E-state index contributed by atoms with van der Waals surface area (Å²) < 4.78 is 5.84. The van der Waals surface area contributed by atoms with Crippen LogP contribution >= 0.6 is 0 Å². The first-order valence-electron chi connectivity index (χ1n) is 14.2. The number of hydrogen-bond donors (Lipinski definition) is 0. The molecule has 1 fully saturated rings. The summed E-state index contributed by atoms with van der Waals surface area (Å²) in [6.07, 6.45) is 24.5. The molecule has 0 aliphatic heterocycles. The monoisotopic (exact) mass is 452 g/mol. The second-order valence-electron chi connectivity index (χ2n) is 10.7. The van der Waals surface area contributed by atoms with Gasteiger partial charge in [-0.3, -0.25) is 0 Å². The van der Waals surface area contributed by atoms with Crippen molar-refractivity contribution in [3.63, 3.8) is 0 Å². The highest BCUT2D eigenvalue weighted by Crippen LogP contribution is 2.33. The largest absolute Gasteiger partial charge is 0.459 e. The summed E-state index contributed by atoms with van der Waals surface area (Å²) in [5.41, 5.74) is 3.43. The minimum absolute atomic E-state index is 0.111. The molecule has 0 bridgehead atoms. The van der Waals surface area contributed by atoms with Crippen molar-refractivity contribution in [3.8, 4) is 0 Å². The number of hydrogen-bond acceptors (Lipinski definition) is 2.